The van der Waals surface area contributed by atoms with Crippen molar-refractivity contribution in [3.05, 3.63) is 30.6 Å². The number of halogens is 3. The molecule has 35 heavy (non-hydrogen) atoms. The van der Waals surface area contributed by atoms with E-state index < -0.39 is 22.3 Å². The standard InChI is InChI=1S/C21H23F3N4O6S/c1-11(21(22,23)24)34-15-7-6-12(35(29,30)25-2)8-13(15)28-20-17-14(26-10-27-20)9-16(31-3)18(32-4)19(17)33-5/h6-11,25H,1-5H3,(H,26,27,28). The number of methoxy groups -OCH3 is 3. The SMILES string of the molecule is CNS(=O)(=O)c1ccc(OC(C)C(F)(F)F)c(Nc2ncnc3cc(OC)c(OC)c(OC)c23)c1. The van der Waals surface area contributed by atoms with Gasteiger partial charge < -0.3 is 24.3 Å². The minimum atomic E-state index is -4.65. The molecule has 2 aromatic carbocycles. The van der Waals surface area contributed by atoms with E-state index in [0.717, 1.165) is 25.1 Å². The smallest absolute Gasteiger partial charge is 0.425 e. The number of benzene rings is 2. The predicted octanol–water partition coefficient (Wildman–Crippen LogP) is 3.64. The van der Waals surface area contributed by atoms with Crippen LogP contribution in [-0.4, -0.2) is 59.0 Å². The number of aromatic nitrogens is 2. The van der Waals surface area contributed by atoms with Gasteiger partial charge in [-0.05, 0) is 32.2 Å². The maximum absolute atomic E-state index is 13.2. The number of rotatable bonds is 9. The summed E-state index contributed by atoms with van der Waals surface area (Å²) in [5.41, 5.74) is 0.274. The largest absolute Gasteiger partial charge is 0.493 e. The van der Waals surface area contributed by atoms with Crippen LogP contribution in [0, 0.1) is 0 Å². The van der Waals surface area contributed by atoms with E-state index in [-0.39, 0.29) is 33.6 Å². The highest BCUT2D eigenvalue weighted by atomic mass is 32.2. The van der Waals surface area contributed by atoms with E-state index in [9.17, 15) is 21.6 Å². The van der Waals surface area contributed by atoms with E-state index in [0.29, 0.717) is 16.7 Å². The van der Waals surface area contributed by atoms with Gasteiger partial charge in [-0.2, -0.15) is 13.2 Å². The van der Waals surface area contributed by atoms with Gasteiger partial charge in [0.15, 0.2) is 17.6 Å². The Morgan fingerprint density at radius 3 is 2.23 bits per heavy atom. The lowest BCUT2D eigenvalue weighted by Gasteiger charge is -2.21. The number of alkyl halides is 3. The molecule has 1 heterocycles. The third-order valence-corrected chi connectivity index (χ3v) is 6.39. The molecule has 0 radical (unpaired) electrons. The molecule has 0 aliphatic rings. The minimum Gasteiger partial charge on any atom is -0.493 e. The second-order valence-electron chi connectivity index (χ2n) is 7.05. The zero-order valence-corrected chi connectivity index (χ0v) is 20.2. The lowest BCUT2D eigenvalue weighted by molar-refractivity contribution is -0.189. The Labute approximate surface area is 199 Å². The molecule has 0 saturated carbocycles. The third-order valence-electron chi connectivity index (χ3n) is 4.98. The minimum absolute atomic E-state index is 0.0886. The van der Waals surface area contributed by atoms with E-state index in [1.807, 2.05) is 0 Å². The number of fused-ring (bicyclic) bond motifs is 1. The van der Waals surface area contributed by atoms with Crippen LogP contribution >= 0.6 is 0 Å². The van der Waals surface area contributed by atoms with Crippen LogP contribution < -0.4 is 29.0 Å². The summed E-state index contributed by atoms with van der Waals surface area (Å²) in [7, 11) is 1.50. The van der Waals surface area contributed by atoms with Crippen LogP contribution in [0.5, 0.6) is 23.0 Å². The van der Waals surface area contributed by atoms with Crippen molar-refractivity contribution in [2.24, 2.45) is 0 Å². The fourth-order valence-electron chi connectivity index (χ4n) is 3.16. The highest BCUT2D eigenvalue weighted by Crippen LogP contribution is 2.46. The molecule has 1 atom stereocenters. The van der Waals surface area contributed by atoms with Gasteiger partial charge in [-0.1, -0.05) is 0 Å². The van der Waals surface area contributed by atoms with Crippen LogP contribution in [-0.2, 0) is 10.0 Å². The molecule has 0 bridgehead atoms. The van der Waals surface area contributed by atoms with Gasteiger partial charge in [0.05, 0.1) is 42.8 Å². The molecule has 14 heteroatoms. The lowest BCUT2D eigenvalue weighted by Crippen LogP contribution is -2.31. The quantitative estimate of drug-likeness (QED) is 0.439. The second-order valence-corrected chi connectivity index (χ2v) is 8.94. The van der Waals surface area contributed by atoms with Crippen molar-refractivity contribution in [1.82, 2.24) is 14.7 Å². The van der Waals surface area contributed by atoms with Crippen molar-refractivity contribution in [1.29, 1.82) is 0 Å². The average molecular weight is 516 g/mol. The first-order valence-electron chi connectivity index (χ1n) is 9.98. The van der Waals surface area contributed by atoms with Crippen LogP contribution in [0.1, 0.15) is 6.92 Å². The number of nitrogens with zero attached hydrogens (tertiary/aromatic N) is 2. The molecule has 3 aromatic rings. The monoisotopic (exact) mass is 516 g/mol. The van der Waals surface area contributed by atoms with Gasteiger partial charge in [-0.25, -0.2) is 23.1 Å². The van der Waals surface area contributed by atoms with Crippen LogP contribution in [0.3, 0.4) is 0 Å². The number of nitrogens with one attached hydrogen (secondary N) is 2. The molecule has 1 unspecified atom stereocenters. The lowest BCUT2D eigenvalue weighted by atomic mass is 10.1. The summed E-state index contributed by atoms with van der Waals surface area (Å²) in [6, 6.07) is 4.95. The average Bonchev–Trinajstić information content (AvgIpc) is 2.82. The van der Waals surface area contributed by atoms with Crippen molar-refractivity contribution in [2.75, 3.05) is 33.7 Å². The van der Waals surface area contributed by atoms with Crippen molar-refractivity contribution in [2.45, 2.75) is 24.1 Å². The first kappa shape index (κ1) is 26.1. The highest BCUT2D eigenvalue weighted by molar-refractivity contribution is 7.89. The normalized spacial score (nSPS) is 12.8. The molecule has 1 aromatic heterocycles. The first-order valence-corrected chi connectivity index (χ1v) is 11.5. The zero-order chi connectivity index (χ0) is 26.0. The molecule has 190 valence electrons. The third kappa shape index (κ3) is 5.27. The van der Waals surface area contributed by atoms with Gasteiger partial charge in [0, 0.05) is 6.07 Å². The maximum atomic E-state index is 13.2. The summed E-state index contributed by atoms with van der Waals surface area (Å²) in [6.45, 7) is 0.836. The molecule has 0 amide bonds. The van der Waals surface area contributed by atoms with Crippen LogP contribution in [0.25, 0.3) is 10.9 Å². The number of ether oxygens (including phenoxy) is 4. The molecular weight excluding hydrogens is 493 g/mol. The summed E-state index contributed by atoms with van der Waals surface area (Å²) in [4.78, 5) is 8.17. The topological polar surface area (TPSA) is 121 Å². The van der Waals surface area contributed by atoms with E-state index in [1.54, 1.807) is 6.07 Å². The molecule has 2 N–H and O–H groups in total. The number of hydrogen-bond donors (Lipinski definition) is 2. The highest BCUT2D eigenvalue weighted by Gasteiger charge is 2.38. The summed E-state index contributed by atoms with van der Waals surface area (Å²) in [5, 5.41) is 3.17. The van der Waals surface area contributed by atoms with Gasteiger partial charge in [0.1, 0.15) is 17.9 Å². The van der Waals surface area contributed by atoms with Crippen molar-refractivity contribution < 1.29 is 40.5 Å². The summed E-state index contributed by atoms with van der Waals surface area (Å²) in [5.74, 6) is 0.586. The summed E-state index contributed by atoms with van der Waals surface area (Å²) >= 11 is 0. The number of anilines is 2. The van der Waals surface area contributed by atoms with E-state index in [2.05, 4.69) is 20.0 Å². The van der Waals surface area contributed by atoms with Crippen LogP contribution in [0.4, 0.5) is 24.7 Å². The molecular formula is C21H23F3N4O6S. The zero-order valence-electron chi connectivity index (χ0n) is 19.4. The van der Waals surface area contributed by atoms with Gasteiger partial charge in [-0.3, -0.25) is 0 Å². The van der Waals surface area contributed by atoms with Gasteiger partial charge in [0.25, 0.3) is 0 Å². The fraction of sp³-hybridized carbons (Fsp3) is 0.333. The Bertz CT molecular complexity index is 1330. The first-order chi connectivity index (χ1) is 16.5. The Kier molecular flexibility index (Phi) is 7.45. The molecule has 3 rings (SSSR count). The molecule has 10 nitrogen and oxygen atoms in total. The predicted molar refractivity (Wildman–Crippen MR) is 121 cm³/mol. The molecule has 0 aliphatic heterocycles. The number of hydrogen-bond acceptors (Lipinski definition) is 9. The van der Waals surface area contributed by atoms with Crippen LogP contribution in [0.15, 0.2) is 35.5 Å². The second kappa shape index (κ2) is 10.00. The molecule has 0 spiro atoms. The van der Waals surface area contributed by atoms with Crippen molar-refractivity contribution in [3.63, 3.8) is 0 Å². The van der Waals surface area contributed by atoms with E-state index >= 15 is 0 Å². The molecule has 0 aliphatic carbocycles. The Balaban J connectivity index is 2.23. The van der Waals surface area contributed by atoms with E-state index in [1.165, 1.54) is 34.7 Å². The fourth-order valence-corrected chi connectivity index (χ4v) is 3.92. The van der Waals surface area contributed by atoms with Gasteiger partial charge in [0.2, 0.25) is 15.8 Å². The Hall–Kier alpha value is -3.52. The van der Waals surface area contributed by atoms with Crippen molar-refractivity contribution >= 4 is 32.4 Å². The Morgan fingerprint density at radius 2 is 1.66 bits per heavy atom. The molecule has 0 fully saturated rings. The van der Waals surface area contributed by atoms with Crippen LogP contribution in [0.2, 0.25) is 0 Å². The van der Waals surface area contributed by atoms with E-state index in [4.69, 9.17) is 18.9 Å². The van der Waals surface area contributed by atoms with Gasteiger partial charge in [-0.15, -0.1) is 0 Å². The number of sulfonamides is 1. The summed E-state index contributed by atoms with van der Waals surface area (Å²) < 4.78 is 87.6. The van der Waals surface area contributed by atoms with Crippen molar-refractivity contribution in [3.8, 4) is 23.0 Å². The Morgan fingerprint density at radius 1 is 0.971 bits per heavy atom. The maximum Gasteiger partial charge on any atom is 0.425 e. The molecule has 0 saturated heterocycles. The summed E-state index contributed by atoms with van der Waals surface area (Å²) in [6.07, 6.45) is -5.61. The van der Waals surface area contributed by atoms with Gasteiger partial charge >= 0.3 is 6.18 Å².